The topological polar surface area (TPSA) is 84.5 Å². The van der Waals surface area contributed by atoms with Gasteiger partial charge in [0.15, 0.2) is 0 Å². The van der Waals surface area contributed by atoms with Gasteiger partial charge < -0.3 is 10.1 Å². The van der Waals surface area contributed by atoms with Crippen LogP contribution in [-0.2, 0) is 19.6 Å². The molecule has 0 fully saturated rings. The van der Waals surface area contributed by atoms with E-state index in [2.05, 4.69) is 10.0 Å². The summed E-state index contributed by atoms with van der Waals surface area (Å²) >= 11 is 0. The lowest BCUT2D eigenvalue weighted by Gasteiger charge is -2.13. The summed E-state index contributed by atoms with van der Waals surface area (Å²) in [6, 6.07) is 5.64. The molecule has 19 heavy (non-hydrogen) atoms. The summed E-state index contributed by atoms with van der Waals surface area (Å²) in [5.41, 5.74) is 0.552. The van der Waals surface area contributed by atoms with E-state index in [9.17, 15) is 13.2 Å². The Bertz CT molecular complexity index is 525. The van der Waals surface area contributed by atoms with Crippen molar-refractivity contribution in [3.05, 3.63) is 24.3 Å². The molecule has 0 aliphatic carbocycles. The Kier molecular flexibility index (Phi) is 5.46. The molecule has 0 saturated carbocycles. The zero-order valence-electron chi connectivity index (χ0n) is 11.1. The van der Waals surface area contributed by atoms with E-state index in [0.29, 0.717) is 12.3 Å². The van der Waals surface area contributed by atoms with Crippen LogP contribution in [0.25, 0.3) is 0 Å². The first kappa shape index (κ1) is 15.6. The number of sulfonamides is 1. The molecule has 1 aromatic rings. The molecule has 0 heterocycles. The molecule has 0 aromatic heterocycles. The number of hydrogen-bond donors (Lipinski definition) is 2. The van der Waals surface area contributed by atoms with Crippen LogP contribution in [0.4, 0.5) is 5.69 Å². The highest BCUT2D eigenvalue weighted by molar-refractivity contribution is 7.89. The molecular formula is C12H18N2O4S. The van der Waals surface area contributed by atoms with Crippen LogP contribution in [0.2, 0.25) is 0 Å². The molecule has 0 radical (unpaired) electrons. The molecule has 1 aromatic carbocycles. The number of anilines is 1. The molecule has 7 heteroatoms. The van der Waals surface area contributed by atoms with Crippen molar-refractivity contribution in [3.63, 3.8) is 0 Å². The fraction of sp³-hybridized carbons (Fsp3) is 0.417. The number of amides is 1. The van der Waals surface area contributed by atoms with Gasteiger partial charge in [-0.25, -0.2) is 13.1 Å². The monoisotopic (exact) mass is 286 g/mol. The number of carbonyl (C=O) groups excluding carboxylic acids is 1. The summed E-state index contributed by atoms with van der Waals surface area (Å²) in [4.78, 5) is 11.0. The third-order valence-corrected chi connectivity index (χ3v) is 3.86. The summed E-state index contributed by atoms with van der Waals surface area (Å²) in [6.07, 6.45) is 0. The maximum absolute atomic E-state index is 12.0. The minimum Gasteiger partial charge on any atom is -0.383 e. The molecule has 0 aliphatic heterocycles. The van der Waals surface area contributed by atoms with Gasteiger partial charge in [0.25, 0.3) is 0 Å². The van der Waals surface area contributed by atoms with Crippen LogP contribution in [0.3, 0.4) is 0 Å². The molecule has 1 rings (SSSR count). The summed E-state index contributed by atoms with van der Waals surface area (Å²) in [5.74, 6) is -0.206. The second-order valence-corrected chi connectivity index (χ2v) is 5.90. The van der Waals surface area contributed by atoms with Crippen molar-refractivity contribution in [1.29, 1.82) is 0 Å². The predicted octanol–water partition coefficient (Wildman–Crippen LogP) is 0.958. The normalized spacial score (nSPS) is 13.0. The lowest BCUT2D eigenvalue weighted by atomic mass is 10.3. The lowest BCUT2D eigenvalue weighted by Crippen LogP contribution is -2.35. The Morgan fingerprint density at radius 2 is 1.89 bits per heavy atom. The molecule has 1 amide bonds. The molecule has 2 N–H and O–H groups in total. The zero-order chi connectivity index (χ0) is 14.5. The van der Waals surface area contributed by atoms with Gasteiger partial charge in [0.2, 0.25) is 15.9 Å². The molecule has 0 spiro atoms. The molecule has 0 aliphatic rings. The first-order valence-electron chi connectivity index (χ1n) is 5.74. The Morgan fingerprint density at radius 1 is 1.32 bits per heavy atom. The Morgan fingerprint density at radius 3 is 2.37 bits per heavy atom. The highest BCUT2D eigenvalue weighted by atomic mass is 32.2. The van der Waals surface area contributed by atoms with Crippen LogP contribution in [0, 0.1) is 0 Å². The van der Waals surface area contributed by atoms with Crippen molar-refractivity contribution >= 4 is 21.6 Å². The van der Waals surface area contributed by atoms with Gasteiger partial charge in [-0.05, 0) is 31.2 Å². The summed E-state index contributed by atoms with van der Waals surface area (Å²) < 4.78 is 31.4. The molecule has 0 saturated heterocycles. The van der Waals surface area contributed by atoms with E-state index in [1.54, 1.807) is 6.92 Å². The van der Waals surface area contributed by atoms with E-state index in [4.69, 9.17) is 4.74 Å². The smallest absolute Gasteiger partial charge is 0.240 e. The van der Waals surface area contributed by atoms with E-state index in [0.717, 1.165) is 0 Å². The van der Waals surface area contributed by atoms with Gasteiger partial charge in [-0.1, -0.05) is 0 Å². The number of ether oxygens (including phenoxy) is 1. The predicted molar refractivity (Wildman–Crippen MR) is 72.4 cm³/mol. The number of rotatable bonds is 6. The van der Waals surface area contributed by atoms with E-state index < -0.39 is 10.0 Å². The maximum atomic E-state index is 12.0. The Balaban J connectivity index is 2.81. The molecular weight excluding hydrogens is 268 g/mol. The highest BCUT2D eigenvalue weighted by Crippen LogP contribution is 2.14. The van der Waals surface area contributed by atoms with Gasteiger partial charge in [-0.3, -0.25) is 4.79 Å². The van der Waals surface area contributed by atoms with E-state index in [-0.39, 0.29) is 16.8 Å². The largest absolute Gasteiger partial charge is 0.383 e. The molecule has 0 unspecified atom stereocenters. The first-order chi connectivity index (χ1) is 8.85. The second-order valence-electron chi connectivity index (χ2n) is 4.18. The van der Waals surface area contributed by atoms with Crippen molar-refractivity contribution in [1.82, 2.24) is 4.72 Å². The minimum absolute atomic E-state index is 0.143. The molecule has 6 nitrogen and oxygen atoms in total. The van der Waals surface area contributed by atoms with Crippen LogP contribution >= 0.6 is 0 Å². The van der Waals surface area contributed by atoms with Crippen molar-refractivity contribution in [2.45, 2.75) is 24.8 Å². The van der Waals surface area contributed by atoms with Crippen molar-refractivity contribution < 1.29 is 17.9 Å². The number of benzene rings is 1. The zero-order valence-corrected chi connectivity index (χ0v) is 12.0. The average molecular weight is 286 g/mol. The number of nitrogens with one attached hydrogen (secondary N) is 2. The number of hydrogen-bond acceptors (Lipinski definition) is 4. The molecule has 0 bridgehead atoms. The fourth-order valence-corrected chi connectivity index (χ4v) is 2.77. The summed E-state index contributed by atoms with van der Waals surface area (Å²) in [6.45, 7) is 3.40. The van der Waals surface area contributed by atoms with Gasteiger partial charge in [0.05, 0.1) is 11.5 Å². The summed E-state index contributed by atoms with van der Waals surface area (Å²) in [7, 11) is -2.06. The quantitative estimate of drug-likeness (QED) is 0.815. The average Bonchev–Trinajstić information content (AvgIpc) is 2.28. The maximum Gasteiger partial charge on any atom is 0.240 e. The second kappa shape index (κ2) is 6.65. The highest BCUT2D eigenvalue weighted by Gasteiger charge is 2.17. The first-order valence-corrected chi connectivity index (χ1v) is 7.22. The minimum atomic E-state index is -3.57. The fourth-order valence-electron chi connectivity index (χ4n) is 1.54. The van der Waals surface area contributed by atoms with E-state index in [1.807, 2.05) is 0 Å². The van der Waals surface area contributed by atoms with Gasteiger partial charge in [0.1, 0.15) is 0 Å². The van der Waals surface area contributed by atoms with Gasteiger partial charge in [-0.2, -0.15) is 0 Å². The van der Waals surface area contributed by atoms with Crippen molar-refractivity contribution in [2.24, 2.45) is 0 Å². The Labute approximate surface area is 113 Å². The lowest BCUT2D eigenvalue weighted by molar-refractivity contribution is -0.114. The van der Waals surface area contributed by atoms with Crippen molar-refractivity contribution in [3.8, 4) is 0 Å². The summed E-state index contributed by atoms with van der Waals surface area (Å²) in [5, 5.41) is 2.57. The van der Waals surface area contributed by atoms with Crippen LogP contribution in [0.1, 0.15) is 13.8 Å². The van der Waals surface area contributed by atoms with Gasteiger partial charge >= 0.3 is 0 Å². The molecule has 106 valence electrons. The number of carbonyl (C=O) groups is 1. The Hall–Kier alpha value is -1.44. The van der Waals surface area contributed by atoms with Gasteiger partial charge in [0, 0.05) is 25.8 Å². The van der Waals surface area contributed by atoms with E-state index in [1.165, 1.54) is 38.3 Å². The molecule has 1 atom stereocenters. The van der Waals surface area contributed by atoms with Gasteiger partial charge in [-0.15, -0.1) is 0 Å². The van der Waals surface area contributed by atoms with Crippen molar-refractivity contribution in [2.75, 3.05) is 19.0 Å². The van der Waals surface area contributed by atoms with Crippen LogP contribution in [0.5, 0.6) is 0 Å². The third-order valence-electron chi connectivity index (χ3n) is 2.26. The third kappa shape index (κ3) is 4.98. The number of methoxy groups -OCH3 is 1. The standard InChI is InChI=1S/C12H18N2O4S/c1-9(8-18-3)14-19(16,17)12-6-4-11(5-7-12)13-10(2)15/h4-7,9,14H,8H2,1-3H3,(H,13,15)/t9-/m1/s1. The SMILES string of the molecule is COC[C@@H](C)NS(=O)(=O)c1ccc(NC(C)=O)cc1. The van der Waals surface area contributed by atoms with Crippen LogP contribution in [-0.4, -0.2) is 34.1 Å². The van der Waals surface area contributed by atoms with E-state index >= 15 is 0 Å². The van der Waals surface area contributed by atoms with Crippen LogP contribution in [0.15, 0.2) is 29.2 Å². The van der Waals surface area contributed by atoms with Crippen LogP contribution < -0.4 is 10.0 Å².